The topological polar surface area (TPSA) is 104 Å². The van der Waals surface area contributed by atoms with Gasteiger partial charge in [0.15, 0.2) is 11.6 Å². The molecule has 2 aromatic carbocycles. The fourth-order valence-electron chi connectivity index (χ4n) is 4.79. The number of carbonyl (C=O) groups excluding carboxylic acids is 1. The summed E-state index contributed by atoms with van der Waals surface area (Å²) >= 11 is 0. The molecule has 1 N–H and O–H groups in total. The molecule has 5 aromatic rings. The third-order valence-corrected chi connectivity index (χ3v) is 6.58. The van der Waals surface area contributed by atoms with Gasteiger partial charge in [-0.3, -0.25) is 14.6 Å². The van der Waals surface area contributed by atoms with E-state index < -0.39 is 23.1 Å². The summed E-state index contributed by atoms with van der Waals surface area (Å²) < 4.78 is 35.6. The average Bonchev–Trinajstić information content (AvgIpc) is 3.31. The van der Waals surface area contributed by atoms with Gasteiger partial charge in [-0.1, -0.05) is 17.9 Å². The number of imidazole rings is 1. The van der Waals surface area contributed by atoms with Gasteiger partial charge in [0.1, 0.15) is 16.9 Å². The summed E-state index contributed by atoms with van der Waals surface area (Å²) in [6.45, 7) is 7.93. The Balaban J connectivity index is 1.37. The Bertz CT molecular complexity index is 1950. The van der Waals surface area contributed by atoms with E-state index in [1.807, 2.05) is 25.1 Å². The van der Waals surface area contributed by atoms with Crippen LogP contribution in [0, 0.1) is 30.4 Å². The van der Waals surface area contributed by atoms with Gasteiger partial charge in [0, 0.05) is 23.1 Å². The first kappa shape index (κ1) is 28.4. The lowest BCUT2D eigenvalue weighted by atomic mass is 10.1. The first-order chi connectivity index (χ1) is 20.2. The highest BCUT2D eigenvalue weighted by Gasteiger charge is 2.17. The van der Waals surface area contributed by atoms with Crippen LogP contribution in [0.15, 0.2) is 53.5 Å². The van der Waals surface area contributed by atoms with Crippen LogP contribution in [0.1, 0.15) is 54.1 Å². The Morgan fingerprint density at radius 1 is 1.10 bits per heavy atom. The maximum Gasteiger partial charge on any atom is 0.280 e. The van der Waals surface area contributed by atoms with Gasteiger partial charge >= 0.3 is 0 Å². The van der Waals surface area contributed by atoms with E-state index in [9.17, 15) is 18.4 Å². The van der Waals surface area contributed by atoms with E-state index in [0.29, 0.717) is 5.56 Å². The van der Waals surface area contributed by atoms with Crippen LogP contribution in [-0.4, -0.2) is 43.4 Å². The van der Waals surface area contributed by atoms with Crippen molar-refractivity contribution < 1.29 is 18.3 Å². The van der Waals surface area contributed by atoms with Crippen LogP contribution < -0.4 is 15.6 Å². The number of benzene rings is 2. The quantitative estimate of drug-likeness (QED) is 0.288. The summed E-state index contributed by atoms with van der Waals surface area (Å²) in [6.07, 6.45) is 1.77. The van der Waals surface area contributed by atoms with Crippen molar-refractivity contribution in [3.05, 3.63) is 93.2 Å². The number of rotatable bonds is 7. The van der Waals surface area contributed by atoms with Crippen LogP contribution in [0.2, 0.25) is 0 Å². The molecule has 5 rings (SSSR count). The van der Waals surface area contributed by atoms with Crippen molar-refractivity contribution in [2.75, 3.05) is 13.2 Å². The fourth-order valence-corrected chi connectivity index (χ4v) is 4.79. The minimum atomic E-state index is -1.05. The van der Waals surface area contributed by atoms with Gasteiger partial charge in [0.2, 0.25) is 5.88 Å². The average molecular weight is 571 g/mol. The number of aromatic nitrogens is 5. The number of fused-ring (bicyclic) bond motifs is 3. The van der Waals surface area contributed by atoms with Crippen molar-refractivity contribution >= 4 is 27.8 Å². The standard InChI is InChI=1S/C31H28F2N6O3/c1-5-42-28-15-23(31(41)38(37-28)17-21-8-10-24(32)25(33)14-21)30(40)34-12-6-7-20-9-11-26-22(13-20)29-27(16-35-26)36-19(4)39(29)18(2)3/h8-11,13-16,18H,5,12,17H2,1-4H3,(H,34,40). The Labute approximate surface area is 240 Å². The van der Waals surface area contributed by atoms with E-state index in [1.54, 1.807) is 13.1 Å². The number of halogens is 2. The summed E-state index contributed by atoms with van der Waals surface area (Å²) in [4.78, 5) is 35.2. The van der Waals surface area contributed by atoms with Crippen LogP contribution in [0.3, 0.4) is 0 Å². The highest BCUT2D eigenvalue weighted by Crippen LogP contribution is 2.28. The summed E-state index contributed by atoms with van der Waals surface area (Å²) in [7, 11) is 0. The number of aryl methyl sites for hydroxylation is 1. The van der Waals surface area contributed by atoms with Crippen molar-refractivity contribution in [2.45, 2.75) is 40.3 Å². The number of carbonyl (C=O) groups is 1. The molecule has 1 amide bonds. The third kappa shape index (κ3) is 5.69. The van der Waals surface area contributed by atoms with E-state index >= 15 is 0 Å². The molecule has 0 radical (unpaired) electrons. The molecule has 42 heavy (non-hydrogen) atoms. The van der Waals surface area contributed by atoms with Crippen molar-refractivity contribution in [2.24, 2.45) is 0 Å². The molecule has 0 bridgehead atoms. The molecule has 11 heteroatoms. The zero-order chi connectivity index (χ0) is 30.0. The molecule has 0 saturated heterocycles. The van der Waals surface area contributed by atoms with E-state index in [2.05, 4.69) is 50.6 Å². The lowest BCUT2D eigenvalue weighted by Crippen LogP contribution is -2.35. The normalized spacial score (nSPS) is 11.1. The van der Waals surface area contributed by atoms with Gasteiger partial charge in [0.25, 0.3) is 11.5 Å². The van der Waals surface area contributed by atoms with Gasteiger partial charge in [0.05, 0.1) is 36.9 Å². The summed E-state index contributed by atoms with van der Waals surface area (Å²) in [5, 5.41) is 7.67. The summed E-state index contributed by atoms with van der Waals surface area (Å²) in [6, 6.07) is 10.4. The van der Waals surface area contributed by atoms with Crippen LogP contribution >= 0.6 is 0 Å². The maximum absolute atomic E-state index is 13.7. The number of nitrogens with one attached hydrogen (secondary N) is 1. The molecule has 0 atom stereocenters. The SMILES string of the molecule is CCOc1cc(C(=O)NCC#Cc2ccc3ncc4nc(C)n(C(C)C)c4c3c2)c(=O)n(Cc2ccc(F)c(F)c2)n1. The predicted octanol–water partition coefficient (Wildman–Crippen LogP) is 4.54. The molecule has 9 nitrogen and oxygen atoms in total. The van der Waals surface area contributed by atoms with Crippen molar-refractivity contribution in [3.8, 4) is 17.7 Å². The first-order valence-corrected chi connectivity index (χ1v) is 13.4. The number of hydrogen-bond donors (Lipinski definition) is 1. The Morgan fingerprint density at radius 2 is 1.90 bits per heavy atom. The number of amides is 1. The molecule has 0 aliphatic heterocycles. The Morgan fingerprint density at radius 3 is 2.64 bits per heavy atom. The second-order valence-corrected chi connectivity index (χ2v) is 9.87. The van der Waals surface area contributed by atoms with Gasteiger partial charge < -0.3 is 14.6 Å². The number of hydrogen-bond acceptors (Lipinski definition) is 6. The Hall–Kier alpha value is -5.11. The summed E-state index contributed by atoms with van der Waals surface area (Å²) in [5.74, 6) is 4.20. The van der Waals surface area contributed by atoms with Crippen LogP contribution in [0.4, 0.5) is 8.78 Å². The Kier molecular flexibility index (Phi) is 7.97. The molecule has 0 unspecified atom stereocenters. The van der Waals surface area contributed by atoms with E-state index in [-0.39, 0.29) is 37.2 Å². The highest BCUT2D eigenvalue weighted by atomic mass is 19.2. The zero-order valence-corrected chi connectivity index (χ0v) is 23.5. The number of pyridine rings is 1. The predicted molar refractivity (Wildman–Crippen MR) is 154 cm³/mol. The molecule has 3 aromatic heterocycles. The van der Waals surface area contributed by atoms with E-state index in [0.717, 1.165) is 50.1 Å². The third-order valence-electron chi connectivity index (χ3n) is 6.58. The van der Waals surface area contributed by atoms with Gasteiger partial charge in [-0.25, -0.2) is 18.4 Å². The van der Waals surface area contributed by atoms with E-state index in [4.69, 9.17) is 4.74 Å². The molecule has 3 heterocycles. The number of nitrogens with zero attached hydrogens (tertiary/aromatic N) is 5. The lowest BCUT2D eigenvalue weighted by Gasteiger charge is -2.12. The maximum atomic E-state index is 13.7. The monoisotopic (exact) mass is 570 g/mol. The molecule has 0 aliphatic rings. The minimum Gasteiger partial charge on any atom is -0.477 e. The molecule has 0 fully saturated rings. The minimum absolute atomic E-state index is 0.0305. The van der Waals surface area contributed by atoms with Crippen molar-refractivity contribution in [1.82, 2.24) is 29.6 Å². The van der Waals surface area contributed by atoms with Crippen LogP contribution in [0.5, 0.6) is 5.88 Å². The smallest absolute Gasteiger partial charge is 0.280 e. The van der Waals surface area contributed by atoms with Crippen molar-refractivity contribution in [3.63, 3.8) is 0 Å². The second kappa shape index (κ2) is 11.8. The number of ether oxygens (including phenoxy) is 1. The van der Waals surface area contributed by atoms with Crippen molar-refractivity contribution in [1.29, 1.82) is 0 Å². The largest absolute Gasteiger partial charge is 0.477 e. The molecule has 0 spiro atoms. The fraction of sp³-hybridized carbons (Fsp3) is 0.258. The van der Waals surface area contributed by atoms with Gasteiger partial charge in [-0.2, -0.15) is 0 Å². The summed E-state index contributed by atoms with van der Waals surface area (Å²) in [5.41, 5.74) is 2.73. The molecular weight excluding hydrogens is 542 g/mol. The molecular formula is C31H28F2N6O3. The lowest BCUT2D eigenvalue weighted by molar-refractivity contribution is 0.0955. The second-order valence-electron chi connectivity index (χ2n) is 9.87. The van der Waals surface area contributed by atoms with E-state index in [1.165, 1.54) is 12.1 Å². The zero-order valence-electron chi connectivity index (χ0n) is 23.5. The van der Waals surface area contributed by atoms with Crippen LogP contribution in [-0.2, 0) is 6.54 Å². The molecule has 0 saturated carbocycles. The molecule has 214 valence electrons. The highest BCUT2D eigenvalue weighted by molar-refractivity contribution is 6.03. The van der Waals surface area contributed by atoms with Crippen LogP contribution in [0.25, 0.3) is 21.9 Å². The van der Waals surface area contributed by atoms with Gasteiger partial charge in [-0.15, -0.1) is 5.10 Å². The molecule has 0 aliphatic carbocycles. The van der Waals surface area contributed by atoms with Gasteiger partial charge in [-0.05, 0) is 63.6 Å². The first-order valence-electron chi connectivity index (χ1n) is 13.4.